The topological polar surface area (TPSA) is 68.2 Å². The molecule has 0 fully saturated rings. The minimum absolute atomic E-state index is 0.0275. The first-order valence-corrected chi connectivity index (χ1v) is 5.32. The molecule has 0 spiro atoms. The third-order valence-corrected chi connectivity index (χ3v) is 1.81. The minimum atomic E-state index is -0.982. The van der Waals surface area contributed by atoms with Gasteiger partial charge in [-0.25, -0.2) is 0 Å². The van der Waals surface area contributed by atoms with Crippen molar-refractivity contribution in [2.45, 2.75) is 12.5 Å². The van der Waals surface area contributed by atoms with Crippen molar-refractivity contribution >= 4 is 0 Å². The Hall–Kier alpha value is -0.460. The van der Waals surface area contributed by atoms with Crippen LogP contribution in [0.1, 0.15) is 6.92 Å². The smallest absolute Gasteiger partial charge is 0.103 e. The lowest BCUT2D eigenvalue weighted by Crippen LogP contribution is -2.28. The molecule has 1 unspecified atom stereocenters. The second-order valence-electron chi connectivity index (χ2n) is 3.56. The summed E-state index contributed by atoms with van der Waals surface area (Å²) in [6.45, 7) is 7.50. The van der Waals surface area contributed by atoms with E-state index in [0.717, 1.165) is 0 Å². The molecule has 0 saturated carbocycles. The number of aliphatic hydroxyl groups is 2. The van der Waals surface area contributed by atoms with Gasteiger partial charge < -0.3 is 24.4 Å². The summed E-state index contributed by atoms with van der Waals surface area (Å²) in [6, 6.07) is 0. The van der Waals surface area contributed by atoms with Crippen LogP contribution in [0.3, 0.4) is 0 Å². The van der Waals surface area contributed by atoms with E-state index in [1.165, 1.54) is 6.08 Å². The van der Waals surface area contributed by atoms with Gasteiger partial charge in [0.25, 0.3) is 0 Å². The largest absolute Gasteiger partial charge is 0.394 e. The van der Waals surface area contributed by atoms with E-state index in [-0.39, 0.29) is 13.2 Å². The molecule has 5 heteroatoms. The molecule has 0 radical (unpaired) electrons. The highest BCUT2D eigenvalue weighted by Crippen LogP contribution is 2.03. The van der Waals surface area contributed by atoms with Gasteiger partial charge in [0.1, 0.15) is 5.60 Å². The summed E-state index contributed by atoms with van der Waals surface area (Å²) in [5.74, 6) is 0. The van der Waals surface area contributed by atoms with Crippen molar-refractivity contribution in [3.63, 3.8) is 0 Å². The van der Waals surface area contributed by atoms with Gasteiger partial charge in [-0.05, 0) is 6.92 Å². The molecule has 0 bridgehead atoms. The molecule has 0 heterocycles. The van der Waals surface area contributed by atoms with Gasteiger partial charge >= 0.3 is 0 Å². The van der Waals surface area contributed by atoms with Crippen LogP contribution in [0.15, 0.2) is 12.7 Å². The van der Waals surface area contributed by atoms with Crippen LogP contribution in [-0.4, -0.2) is 62.1 Å². The summed E-state index contributed by atoms with van der Waals surface area (Å²) in [5, 5.41) is 17.9. The molecule has 0 aliphatic rings. The second-order valence-corrected chi connectivity index (χ2v) is 3.56. The van der Waals surface area contributed by atoms with Crippen LogP contribution < -0.4 is 0 Å². The molecule has 0 amide bonds. The van der Waals surface area contributed by atoms with E-state index >= 15 is 0 Å². The summed E-state index contributed by atoms with van der Waals surface area (Å²) in [5.41, 5.74) is -0.982. The molecular weight excluding hydrogens is 212 g/mol. The first kappa shape index (κ1) is 15.5. The van der Waals surface area contributed by atoms with Gasteiger partial charge in [-0.1, -0.05) is 6.08 Å². The van der Waals surface area contributed by atoms with Crippen molar-refractivity contribution in [1.82, 2.24) is 0 Å². The molecule has 2 N–H and O–H groups in total. The summed E-state index contributed by atoms with van der Waals surface area (Å²) >= 11 is 0. The summed E-state index contributed by atoms with van der Waals surface area (Å²) in [6.07, 6.45) is 1.44. The molecule has 0 rings (SSSR count). The quantitative estimate of drug-likeness (QED) is 0.388. The third-order valence-electron chi connectivity index (χ3n) is 1.81. The van der Waals surface area contributed by atoms with Crippen molar-refractivity contribution in [3.05, 3.63) is 12.7 Å². The first-order chi connectivity index (χ1) is 7.62. The van der Waals surface area contributed by atoms with E-state index in [0.29, 0.717) is 33.0 Å². The number of ether oxygens (including phenoxy) is 3. The highest BCUT2D eigenvalue weighted by Gasteiger charge is 2.14. The zero-order valence-electron chi connectivity index (χ0n) is 9.85. The van der Waals surface area contributed by atoms with Crippen LogP contribution in [0.2, 0.25) is 0 Å². The maximum atomic E-state index is 9.50. The molecule has 5 nitrogen and oxygen atoms in total. The standard InChI is InChI=1S/C11H22O5/c1-3-11(2,13)10-16-9-8-15-7-6-14-5-4-12/h3,12-13H,1,4-10H2,2H3. The molecule has 0 aliphatic heterocycles. The molecule has 96 valence electrons. The third kappa shape index (κ3) is 10.1. The molecule has 1 atom stereocenters. The molecule has 16 heavy (non-hydrogen) atoms. The van der Waals surface area contributed by atoms with Crippen LogP contribution in [-0.2, 0) is 14.2 Å². The SMILES string of the molecule is C=CC(C)(O)COCCOCCOCCO. The fourth-order valence-electron chi connectivity index (χ4n) is 0.842. The van der Waals surface area contributed by atoms with E-state index in [1.54, 1.807) is 6.92 Å². The van der Waals surface area contributed by atoms with E-state index in [9.17, 15) is 5.11 Å². The van der Waals surface area contributed by atoms with Gasteiger partial charge in [-0.15, -0.1) is 6.58 Å². The molecule has 0 aromatic carbocycles. The predicted molar refractivity (Wildman–Crippen MR) is 60.4 cm³/mol. The van der Waals surface area contributed by atoms with Gasteiger partial charge in [0, 0.05) is 0 Å². The summed E-state index contributed by atoms with van der Waals surface area (Å²) < 4.78 is 15.4. The number of hydrogen-bond acceptors (Lipinski definition) is 5. The van der Waals surface area contributed by atoms with E-state index in [4.69, 9.17) is 19.3 Å². The zero-order chi connectivity index (χ0) is 12.3. The normalized spacial score (nSPS) is 14.7. The van der Waals surface area contributed by atoms with Crippen molar-refractivity contribution in [2.24, 2.45) is 0 Å². The van der Waals surface area contributed by atoms with E-state index in [2.05, 4.69) is 6.58 Å². The summed E-state index contributed by atoms with van der Waals surface area (Å²) in [7, 11) is 0. The predicted octanol–water partition coefficient (Wildman–Crippen LogP) is -0.0345. The molecule has 0 saturated heterocycles. The lowest BCUT2D eigenvalue weighted by molar-refractivity contribution is -0.0307. The van der Waals surface area contributed by atoms with E-state index in [1.807, 2.05) is 0 Å². The average molecular weight is 234 g/mol. The van der Waals surface area contributed by atoms with Crippen molar-refractivity contribution < 1.29 is 24.4 Å². The lowest BCUT2D eigenvalue weighted by Gasteiger charge is -2.18. The zero-order valence-corrected chi connectivity index (χ0v) is 9.85. The van der Waals surface area contributed by atoms with Crippen LogP contribution >= 0.6 is 0 Å². The second kappa shape index (κ2) is 9.74. The Morgan fingerprint density at radius 1 is 1.06 bits per heavy atom. The van der Waals surface area contributed by atoms with Crippen molar-refractivity contribution in [1.29, 1.82) is 0 Å². The Labute approximate surface area is 96.6 Å². The Morgan fingerprint density at radius 2 is 1.56 bits per heavy atom. The number of hydrogen-bond donors (Lipinski definition) is 2. The highest BCUT2D eigenvalue weighted by atomic mass is 16.5. The Bertz CT molecular complexity index is 170. The van der Waals surface area contributed by atoms with Gasteiger partial charge in [-0.2, -0.15) is 0 Å². The maximum absolute atomic E-state index is 9.50. The fourth-order valence-corrected chi connectivity index (χ4v) is 0.842. The van der Waals surface area contributed by atoms with Crippen molar-refractivity contribution in [3.8, 4) is 0 Å². The van der Waals surface area contributed by atoms with Crippen molar-refractivity contribution in [2.75, 3.05) is 46.2 Å². The Kier molecular flexibility index (Phi) is 9.46. The first-order valence-electron chi connectivity index (χ1n) is 5.32. The summed E-state index contributed by atoms with van der Waals surface area (Å²) in [4.78, 5) is 0. The Morgan fingerprint density at radius 3 is 2.06 bits per heavy atom. The molecule has 0 aliphatic carbocycles. The molecule has 0 aromatic rings. The van der Waals surface area contributed by atoms with Gasteiger partial charge in [-0.3, -0.25) is 0 Å². The van der Waals surface area contributed by atoms with Gasteiger partial charge in [0.15, 0.2) is 0 Å². The average Bonchev–Trinajstić information content (AvgIpc) is 2.27. The van der Waals surface area contributed by atoms with Crippen LogP contribution in [0.4, 0.5) is 0 Å². The van der Waals surface area contributed by atoms with Crippen LogP contribution in [0, 0.1) is 0 Å². The van der Waals surface area contributed by atoms with Gasteiger partial charge in [0.05, 0.1) is 46.2 Å². The fraction of sp³-hybridized carbons (Fsp3) is 0.818. The number of aliphatic hydroxyl groups excluding tert-OH is 1. The maximum Gasteiger partial charge on any atom is 0.103 e. The van der Waals surface area contributed by atoms with E-state index < -0.39 is 5.60 Å². The lowest BCUT2D eigenvalue weighted by atomic mass is 10.1. The number of rotatable bonds is 11. The monoisotopic (exact) mass is 234 g/mol. The molecular formula is C11H22O5. The Balaban J connectivity index is 3.13. The van der Waals surface area contributed by atoms with Gasteiger partial charge in [0.2, 0.25) is 0 Å². The highest BCUT2D eigenvalue weighted by molar-refractivity contribution is 4.91. The molecule has 0 aromatic heterocycles. The minimum Gasteiger partial charge on any atom is -0.394 e. The van der Waals surface area contributed by atoms with Crippen LogP contribution in [0.25, 0.3) is 0 Å². The van der Waals surface area contributed by atoms with Crippen LogP contribution in [0.5, 0.6) is 0 Å².